The zero-order valence-corrected chi connectivity index (χ0v) is 11.0. The Hall–Kier alpha value is -2.30. The third-order valence-corrected chi connectivity index (χ3v) is 3.54. The van der Waals surface area contributed by atoms with Gasteiger partial charge < -0.3 is 10.6 Å². The first-order valence-corrected chi connectivity index (χ1v) is 6.31. The third-order valence-electron chi connectivity index (χ3n) is 3.54. The average molecular weight is 256 g/mol. The topological polar surface area (TPSA) is 75.0 Å². The summed E-state index contributed by atoms with van der Waals surface area (Å²) in [5.74, 6) is 0.611. The Morgan fingerprint density at radius 2 is 2.16 bits per heavy atom. The van der Waals surface area contributed by atoms with Crippen LogP contribution in [0.3, 0.4) is 0 Å². The Bertz CT molecular complexity index is 645. The number of rotatable bonds is 2. The highest BCUT2D eigenvalue weighted by Gasteiger charge is 2.29. The molecule has 3 N–H and O–H groups in total. The number of nitrogens with two attached hydrogens (primary N) is 1. The summed E-state index contributed by atoms with van der Waals surface area (Å²) in [7, 11) is 0. The lowest BCUT2D eigenvalue weighted by atomic mass is 10.0. The first-order chi connectivity index (χ1) is 9.08. The molecule has 19 heavy (non-hydrogen) atoms. The van der Waals surface area contributed by atoms with Crippen LogP contribution in [0.1, 0.15) is 29.8 Å². The Kier molecular flexibility index (Phi) is 2.55. The summed E-state index contributed by atoms with van der Waals surface area (Å²) in [6.07, 6.45) is 1.68. The maximum atomic E-state index is 12.3. The molecule has 0 fully saturated rings. The van der Waals surface area contributed by atoms with Gasteiger partial charge in [-0.05, 0) is 31.0 Å². The van der Waals surface area contributed by atoms with Crippen LogP contribution in [-0.2, 0) is 6.54 Å². The third kappa shape index (κ3) is 1.78. The maximum Gasteiger partial charge on any atom is 0.254 e. The fourth-order valence-corrected chi connectivity index (χ4v) is 2.43. The maximum absolute atomic E-state index is 12.3. The smallest absolute Gasteiger partial charge is 0.254 e. The van der Waals surface area contributed by atoms with Gasteiger partial charge in [-0.25, -0.2) is 0 Å². The second-order valence-electron chi connectivity index (χ2n) is 5.10. The molecule has 5 nitrogen and oxygen atoms in total. The number of anilines is 1. The van der Waals surface area contributed by atoms with Crippen molar-refractivity contribution in [3.8, 4) is 11.1 Å². The minimum Gasteiger partial charge on any atom is -0.384 e. The summed E-state index contributed by atoms with van der Waals surface area (Å²) < 4.78 is 0. The molecule has 5 heteroatoms. The highest BCUT2D eigenvalue weighted by molar-refractivity contribution is 6.00. The van der Waals surface area contributed by atoms with Crippen LogP contribution in [-0.4, -0.2) is 27.0 Å². The van der Waals surface area contributed by atoms with Gasteiger partial charge in [0.1, 0.15) is 5.82 Å². The molecule has 0 unspecified atom stereocenters. The summed E-state index contributed by atoms with van der Waals surface area (Å²) in [6, 6.07) is 6.10. The van der Waals surface area contributed by atoms with E-state index < -0.39 is 0 Å². The average Bonchev–Trinajstić information content (AvgIpc) is 2.94. The van der Waals surface area contributed by atoms with Crippen molar-refractivity contribution >= 4 is 11.7 Å². The molecule has 2 heterocycles. The summed E-state index contributed by atoms with van der Waals surface area (Å²) in [5, 5.41) is 6.61. The summed E-state index contributed by atoms with van der Waals surface area (Å²) in [5.41, 5.74) is 9.41. The number of hydrogen-bond donors (Lipinski definition) is 2. The van der Waals surface area contributed by atoms with Gasteiger partial charge in [-0.1, -0.05) is 12.1 Å². The molecule has 2 aromatic rings. The number of amides is 1. The van der Waals surface area contributed by atoms with E-state index in [9.17, 15) is 4.79 Å². The number of nitrogens with one attached hydrogen (secondary N) is 1. The highest BCUT2D eigenvalue weighted by Crippen LogP contribution is 2.31. The molecule has 0 saturated carbocycles. The first kappa shape index (κ1) is 11.8. The van der Waals surface area contributed by atoms with E-state index in [4.69, 9.17) is 5.73 Å². The molecule has 0 radical (unpaired) electrons. The molecule has 1 aliphatic rings. The normalized spacial score (nSPS) is 14.3. The molecule has 1 aliphatic heterocycles. The standard InChI is InChI=1S/C14H16N4O/c1-8(2)18-7-10-4-3-9(5-11(10)14(18)19)12-6-16-17-13(12)15/h3-6,8H,7H2,1-2H3,(H3,15,16,17). The van der Waals surface area contributed by atoms with Crippen molar-refractivity contribution in [1.82, 2.24) is 15.1 Å². The van der Waals surface area contributed by atoms with Crippen LogP contribution in [0.2, 0.25) is 0 Å². The highest BCUT2D eigenvalue weighted by atomic mass is 16.2. The minimum atomic E-state index is 0.0916. The molecule has 1 aromatic heterocycles. The largest absolute Gasteiger partial charge is 0.384 e. The summed E-state index contributed by atoms with van der Waals surface area (Å²) >= 11 is 0. The number of benzene rings is 1. The van der Waals surface area contributed by atoms with Crippen LogP contribution in [0.5, 0.6) is 0 Å². The molecule has 98 valence electrons. The predicted octanol–water partition coefficient (Wildman–Crippen LogP) is 2.02. The quantitative estimate of drug-likeness (QED) is 0.863. The van der Waals surface area contributed by atoms with Gasteiger partial charge in [-0.3, -0.25) is 9.89 Å². The van der Waals surface area contributed by atoms with Crippen LogP contribution in [0.4, 0.5) is 5.82 Å². The SMILES string of the molecule is CC(C)N1Cc2ccc(-c3cn[nH]c3N)cc2C1=O. The van der Waals surface area contributed by atoms with Gasteiger partial charge in [-0.15, -0.1) is 0 Å². The summed E-state index contributed by atoms with van der Waals surface area (Å²) in [6.45, 7) is 4.74. The van der Waals surface area contributed by atoms with Crippen molar-refractivity contribution in [3.63, 3.8) is 0 Å². The molecule has 3 rings (SSSR count). The van der Waals surface area contributed by atoms with Crippen LogP contribution < -0.4 is 5.73 Å². The van der Waals surface area contributed by atoms with Gasteiger partial charge in [0.25, 0.3) is 5.91 Å². The molecule has 0 saturated heterocycles. The van der Waals surface area contributed by atoms with Gasteiger partial charge >= 0.3 is 0 Å². The van der Waals surface area contributed by atoms with E-state index in [1.165, 1.54) is 0 Å². The van der Waals surface area contributed by atoms with Crippen molar-refractivity contribution in [1.29, 1.82) is 0 Å². The zero-order valence-electron chi connectivity index (χ0n) is 11.0. The molecular weight excluding hydrogens is 240 g/mol. The minimum absolute atomic E-state index is 0.0916. The van der Waals surface area contributed by atoms with Gasteiger partial charge in [0.05, 0.1) is 6.20 Å². The second kappa shape index (κ2) is 4.12. The van der Waals surface area contributed by atoms with Crippen LogP contribution in [0.15, 0.2) is 24.4 Å². The fourth-order valence-electron chi connectivity index (χ4n) is 2.43. The molecule has 1 amide bonds. The Morgan fingerprint density at radius 1 is 1.37 bits per heavy atom. The fraction of sp³-hybridized carbons (Fsp3) is 0.286. The number of H-pyrrole nitrogens is 1. The van der Waals surface area contributed by atoms with Crippen LogP contribution in [0, 0.1) is 0 Å². The monoisotopic (exact) mass is 256 g/mol. The van der Waals surface area contributed by atoms with Crippen molar-refractivity contribution in [2.75, 3.05) is 5.73 Å². The first-order valence-electron chi connectivity index (χ1n) is 6.31. The second-order valence-corrected chi connectivity index (χ2v) is 5.10. The van der Waals surface area contributed by atoms with Crippen molar-refractivity contribution in [3.05, 3.63) is 35.5 Å². The van der Waals surface area contributed by atoms with E-state index in [-0.39, 0.29) is 11.9 Å². The Labute approximate surface area is 111 Å². The lowest BCUT2D eigenvalue weighted by Crippen LogP contribution is -2.30. The number of hydrogen-bond acceptors (Lipinski definition) is 3. The number of aromatic amines is 1. The van der Waals surface area contributed by atoms with Gasteiger partial charge in [0.15, 0.2) is 0 Å². The van der Waals surface area contributed by atoms with Crippen LogP contribution >= 0.6 is 0 Å². The molecule has 0 spiro atoms. The number of carbonyl (C=O) groups is 1. The van der Waals surface area contributed by atoms with Gasteiger partial charge in [0, 0.05) is 23.7 Å². The van der Waals surface area contributed by atoms with E-state index in [1.807, 2.05) is 36.9 Å². The molecule has 0 atom stereocenters. The van der Waals surface area contributed by atoms with Crippen LogP contribution in [0.25, 0.3) is 11.1 Å². The van der Waals surface area contributed by atoms with Crippen molar-refractivity contribution in [2.24, 2.45) is 0 Å². The number of nitrogen functional groups attached to an aromatic ring is 1. The molecule has 0 aliphatic carbocycles. The molecular formula is C14H16N4O. The predicted molar refractivity (Wildman–Crippen MR) is 73.4 cm³/mol. The van der Waals surface area contributed by atoms with E-state index in [0.717, 1.165) is 22.3 Å². The molecule has 0 bridgehead atoms. The van der Waals surface area contributed by atoms with E-state index >= 15 is 0 Å². The number of carbonyl (C=O) groups excluding carboxylic acids is 1. The molecule has 1 aromatic carbocycles. The number of fused-ring (bicyclic) bond motifs is 1. The van der Waals surface area contributed by atoms with E-state index in [2.05, 4.69) is 10.2 Å². The van der Waals surface area contributed by atoms with E-state index in [1.54, 1.807) is 6.20 Å². The van der Waals surface area contributed by atoms with Gasteiger partial charge in [0.2, 0.25) is 0 Å². The van der Waals surface area contributed by atoms with E-state index in [0.29, 0.717) is 12.4 Å². The lowest BCUT2D eigenvalue weighted by Gasteiger charge is -2.19. The Morgan fingerprint density at radius 3 is 2.79 bits per heavy atom. The Balaban J connectivity index is 2.04. The lowest BCUT2D eigenvalue weighted by molar-refractivity contribution is 0.0730. The zero-order chi connectivity index (χ0) is 13.6. The number of nitrogens with zero attached hydrogens (tertiary/aromatic N) is 2. The summed E-state index contributed by atoms with van der Waals surface area (Å²) in [4.78, 5) is 14.2. The number of aromatic nitrogens is 2. The van der Waals surface area contributed by atoms with Crippen molar-refractivity contribution in [2.45, 2.75) is 26.4 Å². The van der Waals surface area contributed by atoms with Crippen molar-refractivity contribution < 1.29 is 4.79 Å². The van der Waals surface area contributed by atoms with Gasteiger partial charge in [-0.2, -0.15) is 5.10 Å².